The normalized spacial score (nSPS) is 16.5. The van der Waals surface area contributed by atoms with Crippen molar-refractivity contribution >= 4 is 29.6 Å². The molecule has 0 aliphatic carbocycles. The second-order valence-electron chi connectivity index (χ2n) is 4.07. The molecule has 0 spiro atoms. The number of fused-ring (bicyclic) bond motifs is 1. The maximum Gasteiger partial charge on any atom is 0.340 e. The van der Waals surface area contributed by atoms with Crippen LogP contribution in [0.25, 0.3) is 0 Å². The molecule has 1 atom stereocenters. The molecule has 1 aromatic rings. The summed E-state index contributed by atoms with van der Waals surface area (Å²) in [6.45, 7) is 1.84. The Labute approximate surface area is 115 Å². The number of carbonyl (C=O) groups excluding carboxylic acids is 3. The molecule has 1 heterocycles. The molecule has 1 aromatic carbocycles. The van der Waals surface area contributed by atoms with E-state index in [1.807, 2.05) is 0 Å². The minimum Gasteiger partial charge on any atom is -0.465 e. The number of rotatable bonds is 3. The van der Waals surface area contributed by atoms with Crippen molar-refractivity contribution in [2.75, 3.05) is 13.7 Å². The van der Waals surface area contributed by atoms with Gasteiger partial charge < -0.3 is 9.47 Å². The lowest BCUT2D eigenvalue weighted by molar-refractivity contribution is -0.144. The van der Waals surface area contributed by atoms with Crippen LogP contribution in [-0.2, 0) is 14.3 Å². The maximum absolute atomic E-state index is 12.3. The molecule has 0 saturated carbocycles. The standard InChI is InChI=1S/C14H13NO5/c1-3-20-14(18)10-7-15-11-8(12(10)16)5-4-6-9(11)13(17)19-2/h4-7,10H,3H2,1-2H3. The highest BCUT2D eigenvalue weighted by Crippen LogP contribution is 2.30. The number of hydrogen-bond acceptors (Lipinski definition) is 6. The Balaban J connectivity index is 2.43. The summed E-state index contributed by atoms with van der Waals surface area (Å²) in [4.78, 5) is 39.6. The van der Waals surface area contributed by atoms with E-state index in [-0.39, 0.29) is 23.4 Å². The predicted molar refractivity (Wildman–Crippen MR) is 70.4 cm³/mol. The van der Waals surface area contributed by atoms with Crippen LogP contribution in [0.3, 0.4) is 0 Å². The number of Topliss-reactive ketones (excluding diaryl/α,β-unsaturated/α-hetero) is 1. The average molecular weight is 275 g/mol. The highest BCUT2D eigenvalue weighted by Gasteiger charge is 2.33. The largest absolute Gasteiger partial charge is 0.465 e. The van der Waals surface area contributed by atoms with Crippen molar-refractivity contribution in [2.24, 2.45) is 10.9 Å². The number of para-hydroxylation sites is 1. The average Bonchev–Trinajstić information content (AvgIpc) is 2.46. The second kappa shape index (κ2) is 5.64. The number of aliphatic imine (C=N–C) groups is 1. The van der Waals surface area contributed by atoms with Gasteiger partial charge >= 0.3 is 11.9 Å². The molecule has 104 valence electrons. The van der Waals surface area contributed by atoms with Crippen molar-refractivity contribution < 1.29 is 23.9 Å². The van der Waals surface area contributed by atoms with Gasteiger partial charge in [-0.2, -0.15) is 0 Å². The SMILES string of the molecule is CCOC(=O)C1C=Nc2c(C(=O)OC)cccc2C1=O. The van der Waals surface area contributed by atoms with Crippen molar-refractivity contribution in [1.29, 1.82) is 0 Å². The van der Waals surface area contributed by atoms with Crippen molar-refractivity contribution in [3.05, 3.63) is 29.3 Å². The van der Waals surface area contributed by atoms with Gasteiger partial charge in [0.25, 0.3) is 0 Å². The fraction of sp³-hybridized carbons (Fsp3) is 0.286. The molecule has 0 amide bonds. The lowest BCUT2D eigenvalue weighted by atomic mass is 9.92. The number of ether oxygens (including phenoxy) is 2. The summed E-state index contributed by atoms with van der Waals surface area (Å²) < 4.78 is 9.46. The Hall–Kier alpha value is -2.50. The molecule has 6 heteroatoms. The Morgan fingerprint density at radius 3 is 2.75 bits per heavy atom. The third kappa shape index (κ3) is 2.32. The molecule has 0 fully saturated rings. The Bertz CT molecular complexity index is 606. The van der Waals surface area contributed by atoms with Crippen molar-refractivity contribution in [1.82, 2.24) is 0 Å². The number of hydrogen-bond donors (Lipinski definition) is 0. The summed E-state index contributed by atoms with van der Waals surface area (Å²) in [6.07, 6.45) is 1.20. The quantitative estimate of drug-likeness (QED) is 0.617. The monoisotopic (exact) mass is 275 g/mol. The molecular weight excluding hydrogens is 262 g/mol. The summed E-state index contributed by atoms with van der Waals surface area (Å²) in [7, 11) is 1.25. The zero-order valence-electron chi connectivity index (χ0n) is 11.1. The minimum atomic E-state index is -1.06. The molecule has 1 unspecified atom stereocenters. The Morgan fingerprint density at radius 1 is 1.35 bits per heavy atom. The summed E-state index contributed by atoms with van der Waals surface area (Å²) in [5.41, 5.74) is 0.635. The Kier molecular flexibility index (Phi) is 3.93. The maximum atomic E-state index is 12.3. The van der Waals surface area contributed by atoms with Crippen molar-refractivity contribution in [3.63, 3.8) is 0 Å². The highest BCUT2D eigenvalue weighted by atomic mass is 16.5. The first-order valence-corrected chi connectivity index (χ1v) is 6.06. The first-order chi connectivity index (χ1) is 9.60. The number of ketones is 1. The van der Waals surface area contributed by atoms with Crippen LogP contribution in [0, 0.1) is 5.92 Å². The summed E-state index contributed by atoms with van der Waals surface area (Å²) >= 11 is 0. The van der Waals surface area contributed by atoms with Gasteiger partial charge in [0.1, 0.15) is 0 Å². The van der Waals surface area contributed by atoms with E-state index in [2.05, 4.69) is 9.73 Å². The number of esters is 2. The zero-order valence-corrected chi connectivity index (χ0v) is 11.1. The smallest absolute Gasteiger partial charge is 0.340 e. The van der Waals surface area contributed by atoms with E-state index in [0.29, 0.717) is 0 Å². The van der Waals surface area contributed by atoms with E-state index in [0.717, 1.165) is 0 Å². The van der Waals surface area contributed by atoms with Crippen molar-refractivity contribution in [2.45, 2.75) is 6.92 Å². The van der Waals surface area contributed by atoms with E-state index in [1.165, 1.54) is 25.5 Å². The van der Waals surface area contributed by atoms with Crippen LogP contribution >= 0.6 is 0 Å². The molecule has 0 saturated heterocycles. The molecule has 20 heavy (non-hydrogen) atoms. The molecule has 1 aliphatic heterocycles. The lowest BCUT2D eigenvalue weighted by Gasteiger charge is -2.17. The molecule has 0 bridgehead atoms. The molecule has 0 aromatic heterocycles. The van der Waals surface area contributed by atoms with E-state index >= 15 is 0 Å². The van der Waals surface area contributed by atoms with Crippen LogP contribution in [-0.4, -0.2) is 37.7 Å². The van der Waals surface area contributed by atoms with E-state index in [9.17, 15) is 14.4 Å². The number of methoxy groups -OCH3 is 1. The van der Waals surface area contributed by atoms with Gasteiger partial charge in [-0.25, -0.2) is 4.79 Å². The first-order valence-electron chi connectivity index (χ1n) is 6.06. The van der Waals surface area contributed by atoms with Gasteiger partial charge in [-0.05, 0) is 19.1 Å². The fourth-order valence-corrected chi connectivity index (χ4v) is 1.94. The topological polar surface area (TPSA) is 82.0 Å². The number of carbonyl (C=O) groups is 3. The predicted octanol–water partition coefficient (Wildman–Crippen LogP) is 1.55. The van der Waals surface area contributed by atoms with Gasteiger partial charge in [-0.3, -0.25) is 14.6 Å². The van der Waals surface area contributed by atoms with Crippen molar-refractivity contribution in [3.8, 4) is 0 Å². The summed E-state index contributed by atoms with van der Waals surface area (Å²) in [6, 6.07) is 4.58. The molecule has 1 aliphatic rings. The number of nitrogens with zero attached hydrogens (tertiary/aromatic N) is 1. The minimum absolute atomic E-state index is 0.186. The van der Waals surface area contributed by atoms with E-state index in [1.54, 1.807) is 13.0 Å². The molecule has 0 N–H and O–H groups in total. The third-order valence-corrected chi connectivity index (χ3v) is 2.88. The van der Waals surface area contributed by atoms with Crippen LogP contribution in [0.5, 0.6) is 0 Å². The van der Waals surface area contributed by atoms with Crippen LogP contribution in [0.15, 0.2) is 23.2 Å². The third-order valence-electron chi connectivity index (χ3n) is 2.88. The Morgan fingerprint density at radius 2 is 2.10 bits per heavy atom. The number of benzene rings is 1. The second-order valence-corrected chi connectivity index (χ2v) is 4.07. The lowest BCUT2D eigenvalue weighted by Crippen LogP contribution is -2.30. The van der Waals surface area contributed by atoms with Gasteiger partial charge in [0.2, 0.25) is 0 Å². The van der Waals surface area contributed by atoms with Crippen LogP contribution in [0.1, 0.15) is 27.6 Å². The van der Waals surface area contributed by atoms with Gasteiger partial charge in [-0.1, -0.05) is 6.07 Å². The van der Waals surface area contributed by atoms with Crippen LogP contribution in [0.4, 0.5) is 5.69 Å². The molecule has 2 rings (SSSR count). The van der Waals surface area contributed by atoms with Gasteiger partial charge in [0.15, 0.2) is 11.7 Å². The van der Waals surface area contributed by atoms with Crippen LogP contribution < -0.4 is 0 Å². The zero-order chi connectivity index (χ0) is 14.7. The van der Waals surface area contributed by atoms with E-state index < -0.39 is 23.6 Å². The van der Waals surface area contributed by atoms with Gasteiger partial charge in [0, 0.05) is 11.8 Å². The highest BCUT2D eigenvalue weighted by molar-refractivity contribution is 6.23. The van der Waals surface area contributed by atoms with E-state index in [4.69, 9.17) is 4.74 Å². The summed E-state index contributed by atoms with van der Waals surface area (Å²) in [5.74, 6) is -2.72. The molecular formula is C14H13NO5. The summed E-state index contributed by atoms with van der Waals surface area (Å²) in [5, 5.41) is 0. The molecule has 0 radical (unpaired) electrons. The molecule has 6 nitrogen and oxygen atoms in total. The van der Waals surface area contributed by atoms with Crippen LogP contribution in [0.2, 0.25) is 0 Å². The van der Waals surface area contributed by atoms with Gasteiger partial charge in [-0.15, -0.1) is 0 Å². The fourth-order valence-electron chi connectivity index (χ4n) is 1.94. The van der Waals surface area contributed by atoms with Gasteiger partial charge in [0.05, 0.1) is 25.0 Å². The first kappa shape index (κ1) is 13.9.